The molecule has 2 aliphatic rings. The van der Waals surface area contributed by atoms with E-state index in [1.165, 1.54) is 10.9 Å². The molecule has 0 bridgehead atoms. The SMILES string of the molecule is Cc1ccc2nn(C3CCN(C(=O)c4ccc([C@@]5(C(C)C)NC(=O)NC5C)cc4)CC3)cc2c1. The highest BCUT2D eigenvalue weighted by atomic mass is 16.2. The molecule has 2 fully saturated rings. The summed E-state index contributed by atoms with van der Waals surface area (Å²) in [5.41, 5.74) is 3.48. The minimum atomic E-state index is -0.483. The molecule has 2 aromatic carbocycles. The van der Waals surface area contributed by atoms with Crippen molar-refractivity contribution >= 4 is 22.8 Å². The first-order valence-electron chi connectivity index (χ1n) is 12.2. The van der Waals surface area contributed by atoms with E-state index >= 15 is 0 Å². The molecule has 7 heteroatoms. The van der Waals surface area contributed by atoms with E-state index in [4.69, 9.17) is 5.10 Å². The molecule has 0 spiro atoms. The van der Waals surface area contributed by atoms with Crippen molar-refractivity contribution < 1.29 is 9.59 Å². The molecule has 3 aromatic rings. The fraction of sp³-hybridized carbons (Fsp3) is 0.444. The van der Waals surface area contributed by atoms with Crippen LogP contribution >= 0.6 is 0 Å². The van der Waals surface area contributed by atoms with Crippen LogP contribution in [0.3, 0.4) is 0 Å². The van der Waals surface area contributed by atoms with Gasteiger partial charge < -0.3 is 15.5 Å². The number of hydrogen-bond acceptors (Lipinski definition) is 3. The minimum Gasteiger partial charge on any atom is -0.338 e. The van der Waals surface area contributed by atoms with Crippen molar-refractivity contribution in [1.82, 2.24) is 25.3 Å². The lowest BCUT2D eigenvalue weighted by atomic mass is 9.75. The lowest BCUT2D eigenvalue weighted by Crippen LogP contribution is -2.49. The summed E-state index contributed by atoms with van der Waals surface area (Å²) in [7, 11) is 0. The summed E-state index contributed by atoms with van der Waals surface area (Å²) in [5, 5.41) is 12.0. The smallest absolute Gasteiger partial charge is 0.315 e. The Morgan fingerprint density at radius 2 is 1.82 bits per heavy atom. The van der Waals surface area contributed by atoms with E-state index in [1.54, 1.807) is 0 Å². The van der Waals surface area contributed by atoms with Gasteiger partial charge in [0.15, 0.2) is 0 Å². The number of piperidine rings is 1. The van der Waals surface area contributed by atoms with Crippen LogP contribution in [0.4, 0.5) is 4.79 Å². The van der Waals surface area contributed by atoms with Crippen molar-refractivity contribution in [3.8, 4) is 0 Å². The molecule has 0 aliphatic carbocycles. The Hall–Kier alpha value is -3.35. The number of nitrogens with zero attached hydrogens (tertiary/aromatic N) is 3. The van der Waals surface area contributed by atoms with Crippen LogP contribution in [0, 0.1) is 12.8 Å². The molecular formula is C27H33N5O2. The number of likely N-dealkylation sites (tertiary alicyclic amines) is 1. The molecule has 5 rings (SSSR count). The molecule has 2 aliphatic heterocycles. The lowest BCUT2D eigenvalue weighted by Gasteiger charge is -2.37. The molecule has 178 valence electrons. The van der Waals surface area contributed by atoms with E-state index < -0.39 is 5.54 Å². The Balaban J connectivity index is 1.27. The van der Waals surface area contributed by atoms with Gasteiger partial charge in [-0.05, 0) is 62.4 Å². The molecule has 3 amide bonds. The van der Waals surface area contributed by atoms with Gasteiger partial charge in [0.05, 0.1) is 23.1 Å². The summed E-state index contributed by atoms with van der Waals surface area (Å²) >= 11 is 0. The number of nitrogens with one attached hydrogen (secondary N) is 2. The molecule has 1 unspecified atom stereocenters. The standard InChI is InChI=1S/C27H33N5O2/c1-17(2)27(19(4)28-26(34)29-27)22-8-6-20(7-9-22)25(33)31-13-11-23(12-14-31)32-16-21-15-18(3)5-10-24(21)30-32/h5-10,15-17,19,23H,11-14H2,1-4H3,(H2,28,29,34)/t19?,27-/m0/s1. The summed E-state index contributed by atoms with van der Waals surface area (Å²) in [6.07, 6.45) is 3.91. The summed E-state index contributed by atoms with van der Waals surface area (Å²) in [4.78, 5) is 27.2. The topological polar surface area (TPSA) is 79.3 Å². The minimum absolute atomic E-state index is 0.0385. The number of aryl methyl sites for hydroxylation is 1. The van der Waals surface area contributed by atoms with Crippen LogP contribution in [-0.4, -0.2) is 45.8 Å². The normalized spacial score (nSPS) is 23.4. The second-order valence-electron chi connectivity index (χ2n) is 10.1. The van der Waals surface area contributed by atoms with Gasteiger partial charge >= 0.3 is 6.03 Å². The van der Waals surface area contributed by atoms with E-state index in [1.807, 2.05) is 36.1 Å². The molecule has 2 atom stereocenters. The molecule has 0 radical (unpaired) electrons. The van der Waals surface area contributed by atoms with Gasteiger partial charge in [0.2, 0.25) is 0 Å². The summed E-state index contributed by atoms with van der Waals surface area (Å²) in [6.45, 7) is 9.76. The number of fused-ring (bicyclic) bond motifs is 1. The molecule has 34 heavy (non-hydrogen) atoms. The van der Waals surface area contributed by atoms with Gasteiger partial charge in [-0.25, -0.2) is 4.79 Å². The van der Waals surface area contributed by atoms with Crippen molar-refractivity contribution in [1.29, 1.82) is 0 Å². The summed E-state index contributed by atoms with van der Waals surface area (Å²) in [5.74, 6) is 0.261. The van der Waals surface area contributed by atoms with E-state index in [-0.39, 0.29) is 23.9 Å². The van der Waals surface area contributed by atoms with Crippen LogP contribution in [0.5, 0.6) is 0 Å². The second-order valence-corrected chi connectivity index (χ2v) is 10.1. The van der Waals surface area contributed by atoms with Crippen LogP contribution in [-0.2, 0) is 5.54 Å². The highest BCUT2D eigenvalue weighted by Gasteiger charge is 2.47. The summed E-state index contributed by atoms with van der Waals surface area (Å²) in [6, 6.07) is 14.2. The van der Waals surface area contributed by atoms with E-state index in [2.05, 4.69) is 60.5 Å². The lowest BCUT2D eigenvalue weighted by molar-refractivity contribution is 0.0690. The van der Waals surface area contributed by atoms with Crippen LogP contribution < -0.4 is 10.6 Å². The molecule has 2 saturated heterocycles. The zero-order valence-corrected chi connectivity index (χ0v) is 20.3. The molecule has 1 aromatic heterocycles. The van der Waals surface area contributed by atoms with E-state index in [9.17, 15) is 9.59 Å². The number of urea groups is 1. The maximum Gasteiger partial charge on any atom is 0.315 e. The van der Waals surface area contributed by atoms with Crippen LogP contribution in [0.25, 0.3) is 10.9 Å². The molecule has 0 saturated carbocycles. The Bertz CT molecular complexity index is 1220. The number of benzene rings is 2. The van der Waals surface area contributed by atoms with Gasteiger partial charge in [-0.1, -0.05) is 37.6 Å². The first-order chi connectivity index (χ1) is 16.3. The molecule has 7 nitrogen and oxygen atoms in total. The third-order valence-electron chi connectivity index (χ3n) is 7.67. The highest BCUT2D eigenvalue weighted by molar-refractivity contribution is 5.94. The van der Waals surface area contributed by atoms with Crippen LogP contribution in [0.1, 0.15) is 61.1 Å². The third-order valence-corrected chi connectivity index (χ3v) is 7.67. The highest BCUT2D eigenvalue weighted by Crippen LogP contribution is 2.36. The predicted molar refractivity (Wildman–Crippen MR) is 133 cm³/mol. The van der Waals surface area contributed by atoms with Crippen LogP contribution in [0.2, 0.25) is 0 Å². The number of carbonyl (C=O) groups excluding carboxylic acids is 2. The van der Waals surface area contributed by atoms with Gasteiger partial charge in [-0.15, -0.1) is 0 Å². The Labute approximate surface area is 200 Å². The Morgan fingerprint density at radius 3 is 2.44 bits per heavy atom. The molecule has 3 heterocycles. The Kier molecular flexibility index (Phi) is 5.58. The maximum atomic E-state index is 13.2. The average molecular weight is 460 g/mol. The monoisotopic (exact) mass is 459 g/mol. The largest absolute Gasteiger partial charge is 0.338 e. The zero-order chi connectivity index (χ0) is 24.0. The zero-order valence-electron chi connectivity index (χ0n) is 20.3. The van der Waals surface area contributed by atoms with Gasteiger partial charge in [0, 0.05) is 30.2 Å². The fourth-order valence-corrected chi connectivity index (χ4v) is 5.70. The quantitative estimate of drug-likeness (QED) is 0.608. The first-order valence-corrected chi connectivity index (χ1v) is 12.2. The van der Waals surface area contributed by atoms with Crippen molar-refractivity contribution in [2.45, 2.75) is 58.2 Å². The van der Waals surface area contributed by atoms with Gasteiger partial charge in [0.25, 0.3) is 5.91 Å². The van der Waals surface area contributed by atoms with Gasteiger partial charge in [-0.2, -0.15) is 5.10 Å². The van der Waals surface area contributed by atoms with E-state index in [0.717, 1.165) is 23.9 Å². The average Bonchev–Trinajstić information content (AvgIpc) is 3.39. The van der Waals surface area contributed by atoms with Gasteiger partial charge in [0.1, 0.15) is 0 Å². The summed E-state index contributed by atoms with van der Waals surface area (Å²) < 4.78 is 2.08. The van der Waals surface area contributed by atoms with Crippen molar-refractivity contribution in [2.75, 3.05) is 13.1 Å². The predicted octanol–water partition coefficient (Wildman–Crippen LogP) is 4.37. The molecule has 2 N–H and O–H groups in total. The fourth-order valence-electron chi connectivity index (χ4n) is 5.70. The number of carbonyl (C=O) groups is 2. The maximum absolute atomic E-state index is 13.2. The number of hydrogen-bond donors (Lipinski definition) is 2. The first kappa shape index (κ1) is 22.4. The van der Waals surface area contributed by atoms with Crippen LogP contribution in [0.15, 0.2) is 48.7 Å². The van der Waals surface area contributed by atoms with Crippen molar-refractivity contribution in [3.63, 3.8) is 0 Å². The molecular weight excluding hydrogens is 426 g/mol. The van der Waals surface area contributed by atoms with Crippen molar-refractivity contribution in [3.05, 3.63) is 65.4 Å². The Morgan fingerprint density at radius 1 is 1.12 bits per heavy atom. The third kappa shape index (κ3) is 3.73. The number of amides is 3. The van der Waals surface area contributed by atoms with E-state index in [0.29, 0.717) is 24.7 Å². The second kappa shape index (κ2) is 8.46. The van der Waals surface area contributed by atoms with Crippen molar-refractivity contribution in [2.24, 2.45) is 5.92 Å². The number of rotatable bonds is 4. The number of aromatic nitrogens is 2. The van der Waals surface area contributed by atoms with Gasteiger partial charge in [-0.3, -0.25) is 9.48 Å².